The minimum Gasteiger partial charge on any atom is -0.492 e. The molecule has 2 aromatic rings. The predicted molar refractivity (Wildman–Crippen MR) is 99.4 cm³/mol. The van der Waals surface area contributed by atoms with E-state index in [1.165, 1.54) is 6.92 Å². The van der Waals surface area contributed by atoms with Gasteiger partial charge < -0.3 is 10.1 Å². The molecule has 0 unspecified atom stereocenters. The lowest BCUT2D eigenvalue weighted by atomic mass is 10.2. The number of ether oxygens (including phenoxy) is 1. The van der Waals surface area contributed by atoms with Crippen LogP contribution in [-0.4, -0.2) is 37.6 Å². The van der Waals surface area contributed by atoms with E-state index in [-0.39, 0.29) is 23.7 Å². The molecule has 0 radical (unpaired) electrons. The molecule has 1 N–H and O–H groups in total. The second kappa shape index (κ2) is 8.63. The highest BCUT2D eigenvalue weighted by Gasteiger charge is 2.29. The zero-order valence-corrected chi connectivity index (χ0v) is 15.7. The first kappa shape index (κ1) is 20.4. The van der Waals surface area contributed by atoms with Crippen molar-refractivity contribution in [3.05, 3.63) is 64.2 Å². The van der Waals surface area contributed by atoms with E-state index in [1.54, 1.807) is 6.07 Å². The fourth-order valence-corrected chi connectivity index (χ4v) is 3.58. The molecule has 9 heteroatoms. The fourth-order valence-electron chi connectivity index (χ4n) is 2.29. The second-order valence-electron chi connectivity index (χ2n) is 5.89. The van der Waals surface area contributed by atoms with Gasteiger partial charge in [-0.1, -0.05) is 12.1 Å². The molecule has 27 heavy (non-hydrogen) atoms. The van der Waals surface area contributed by atoms with Crippen LogP contribution in [0.25, 0.3) is 0 Å². The summed E-state index contributed by atoms with van der Waals surface area (Å²) in [4.78, 5) is 22.0. The van der Waals surface area contributed by atoms with Gasteiger partial charge in [0, 0.05) is 12.1 Å². The zero-order valence-electron chi connectivity index (χ0n) is 14.9. The van der Waals surface area contributed by atoms with Gasteiger partial charge in [-0.15, -0.1) is 0 Å². The SMILES string of the molecule is Cc1cccc(OCCNC(=O)[C@@H](C)S(=O)(=O)c2ccc([N+](=O)[O-])cc2)c1. The molecule has 2 rings (SSSR count). The molecule has 0 aromatic heterocycles. The smallest absolute Gasteiger partial charge is 0.269 e. The van der Waals surface area contributed by atoms with Gasteiger partial charge in [-0.2, -0.15) is 0 Å². The number of nitrogens with zero attached hydrogens (tertiary/aromatic N) is 1. The topological polar surface area (TPSA) is 116 Å². The first-order valence-electron chi connectivity index (χ1n) is 8.17. The summed E-state index contributed by atoms with van der Waals surface area (Å²) in [6.45, 7) is 3.54. The van der Waals surface area contributed by atoms with E-state index in [1.807, 2.05) is 25.1 Å². The van der Waals surface area contributed by atoms with Crippen LogP contribution in [-0.2, 0) is 14.6 Å². The Morgan fingerprint density at radius 3 is 2.48 bits per heavy atom. The van der Waals surface area contributed by atoms with E-state index < -0.39 is 25.9 Å². The Morgan fingerprint density at radius 1 is 1.22 bits per heavy atom. The van der Waals surface area contributed by atoms with E-state index in [9.17, 15) is 23.3 Å². The third-order valence-electron chi connectivity index (χ3n) is 3.87. The van der Waals surface area contributed by atoms with Gasteiger partial charge in [0.1, 0.15) is 17.6 Å². The number of amides is 1. The lowest BCUT2D eigenvalue weighted by molar-refractivity contribution is -0.384. The van der Waals surface area contributed by atoms with E-state index in [4.69, 9.17) is 4.74 Å². The molecule has 144 valence electrons. The van der Waals surface area contributed by atoms with E-state index in [0.717, 1.165) is 29.8 Å². The van der Waals surface area contributed by atoms with Gasteiger partial charge in [-0.25, -0.2) is 8.42 Å². The van der Waals surface area contributed by atoms with E-state index >= 15 is 0 Å². The van der Waals surface area contributed by atoms with Crippen LogP contribution in [0, 0.1) is 17.0 Å². The highest BCUT2D eigenvalue weighted by atomic mass is 32.2. The second-order valence-corrected chi connectivity index (χ2v) is 8.16. The van der Waals surface area contributed by atoms with E-state index in [2.05, 4.69) is 5.32 Å². The van der Waals surface area contributed by atoms with Gasteiger partial charge in [0.25, 0.3) is 5.69 Å². The van der Waals surface area contributed by atoms with Crippen LogP contribution in [0.1, 0.15) is 12.5 Å². The molecule has 0 fully saturated rings. The maximum atomic E-state index is 12.5. The lowest BCUT2D eigenvalue weighted by Gasteiger charge is -2.14. The highest BCUT2D eigenvalue weighted by molar-refractivity contribution is 7.92. The average Bonchev–Trinajstić information content (AvgIpc) is 2.64. The molecule has 0 bridgehead atoms. The van der Waals surface area contributed by atoms with Crippen LogP contribution >= 0.6 is 0 Å². The Kier molecular flexibility index (Phi) is 6.51. The van der Waals surface area contributed by atoms with Crippen LogP contribution < -0.4 is 10.1 Å². The number of non-ortho nitro benzene ring substituents is 1. The highest BCUT2D eigenvalue weighted by Crippen LogP contribution is 2.20. The van der Waals surface area contributed by atoms with Crippen molar-refractivity contribution in [1.82, 2.24) is 5.32 Å². The van der Waals surface area contributed by atoms with Crippen molar-refractivity contribution in [2.24, 2.45) is 0 Å². The quantitative estimate of drug-likeness (QED) is 0.418. The molecule has 0 saturated heterocycles. The molecule has 8 nitrogen and oxygen atoms in total. The number of sulfone groups is 1. The molecular formula is C18H20N2O6S. The van der Waals surface area contributed by atoms with Gasteiger partial charge in [0.15, 0.2) is 9.84 Å². The number of aryl methyl sites for hydroxylation is 1. The molecule has 0 aliphatic rings. The summed E-state index contributed by atoms with van der Waals surface area (Å²) in [7, 11) is -3.95. The van der Waals surface area contributed by atoms with Crippen molar-refractivity contribution in [3.8, 4) is 5.75 Å². The van der Waals surface area contributed by atoms with Crippen molar-refractivity contribution in [2.45, 2.75) is 24.0 Å². The van der Waals surface area contributed by atoms with Gasteiger partial charge >= 0.3 is 0 Å². The zero-order chi connectivity index (χ0) is 20.0. The molecule has 1 amide bonds. The summed E-state index contributed by atoms with van der Waals surface area (Å²) in [6, 6.07) is 11.8. The van der Waals surface area contributed by atoms with Crippen molar-refractivity contribution in [2.75, 3.05) is 13.2 Å². The Balaban J connectivity index is 1.92. The third-order valence-corrected chi connectivity index (χ3v) is 5.94. The summed E-state index contributed by atoms with van der Waals surface area (Å²) in [5.41, 5.74) is 0.818. The molecule has 0 spiro atoms. The number of rotatable bonds is 8. The summed E-state index contributed by atoms with van der Waals surface area (Å²) in [5.74, 6) is -0.00278. The van der Waals surface area contributed by atoms with Crippen molar-refractivity contribution < 1.29 is 22.9 Å². The Labute approximate surface area is 157 Å². The maximum absolute atomic E-state index is 12.5. The van der Waals surface area contributed by atoms with Gasteiger partial charge in [-0.3, -0.25) is 14.9 Å². The van der Waals surface area contributed by atoms with Crippen LogP contribution in [0.3, 0.4) is 0 Å². The molecule has 0 aliphatic carbocycles. The molecule has 0 aliphatic heterocycles. The standard InChI is InChI=1S/C18H20N2O6S/c1-13-4-3-5-16(12-13)26-11-10-19-18(21)14(2)27(24,25)17-8-6-15(7-9-17)20(22)23/h3-9,12,14H,10-11H2,1-2H3,(H,19,21)/t14-/m1/s1. The predicted octanol–water partition coefficient (Wildman–Crippen LogP) is 2.26. The molecule has 0 saturated carbocycles. The summed E-state index contributed by atoms with van der Waals surface area (Å²) >= 11 is 0. The van der Waals surface area contributed by atoms with Crippen molar-refractivity contribution in [1.29, 1.82) is 0 Å². The van der Waals surface area contributed by atoms with Crippen molar-refractivity contribution in [3.63, 3.8) is 0 Å². The molecular weight excluding hydrogens is 372 g/mol. The van der Waals surface area contributed by atoms with Gasteiger partial charge in [0.05, 0.1) is 16.4 Å². The number of hydrogen-bond acceptors (Lipinski definition) is 6. The molecule has 1 atom stereocenters. The monoisotopic (exact) mass is 392 g/mol. The van der Waals surface area contributed by atoms with Crippen LogP contribution in [0.15, 0.2) is 53.4 Å². The third kappa shape index (κ3) is 5.27. The number of benzene rings is 2. The number of nitro groups is 1. The molecule has 0 heterocycles. The number of hydrogen-bond donors (Lipinski definition) is 1. The van der Waals surface area contributed by atoms with Crippen LogP contribution in [0.4, 0.5) is 5.69 Å². The number of nitro benzene ring substituents is 1. The molecule has 2 aromatic carbocycles. The van der Waals surface area contributed by atoms with Crippen LogP contribution in [0.5, 0.6) is 5.75 Å². The minimum absolute atomic E-state index is 0.146. The fraction of sp³-hybridized carbons (Fsp3) is 0.278. The van der Waals surface area contributed by atoms with Gasteiger partial charge in [0.2, 0.25) is 5.91 Å². The number of carbonyl (C=O) groups excluding carboxylic acids is 1. The summed E-state index contributed by atoms with van der Waals surface area (Å²) in [5, 5.41) is 11.8. The summed E-state index contributed by atoms with van der Waals surface area (Å²) < 4.78 is 30.5. The number of carbonyl (C=O) groups is 1. The Hall–Kier alpha value is -2.94. The maximum Gasteiger partial charge on any atom is 0.269 e. The lowest BCUT2D eigenvalue weighted by Crippen LogP contribution is -2.39. The largest absolute Gasteiger partial charge is 0.492 e. The Morgan fingerprint density at radius 2 is 1.89 bits per heavy atom. The normalized spacial score (nSPS) is 12.2. The average molecular weight is 392 g/mol. The first-order valence-corrected chi connectivity index (χ1v) is 9.72. The first-order chi connectivity index (χ1) is 12.7. The van der Waals surface area contributed by atoms with Crippen molar-refractivity contribution >= 4 is 21.4 Å². The van der Waals surface area contributed by atoms with E-state index in [0.29, 0.717) is 5.75 Å². The van der Waals surface area contributed by atoms with Crippen LogP contribution in [0.2, 0.25) is 0 Å². The number of nitrogens with one attached hydrogen (secondary N) is 1. The van der Waals surface area contributed by atoms with Gasteiger partial charge in [-0.05, 0) is 43.7 Å². The Bertz CT molecular complexity index is 925. The summed E-state index contributed by atoms with van der Waals surface area (Å²) in [6.07, 6.45) is 0. The minimum atomic E-state index is -3.95.